The minimum absolute atomic E-state index is 0.00708. The molecular formula is C38H55N7O9. The summed E-state index contributed by atoms with van der Waals surface area (Å²) in [6.45, 7) is 5.83. The van der Waals surface area contributed by atoms with Gasteiger partial charge in [0.1, 0.15) is 30.2 Å². The molecule has 1 saturated carbocycles. The summed E-state index contributed by atoms with van der Waals surface area (Å²) in [5, 5.41) is 25.3. The number of hydrogen-bond acceptors (Lipinski definition) is 8. The van der Waals surface area contributed by atoms with E-state index in [1.54, 1.807) is 30.3 Å². The summed E-state index contributed by atoms with van der Waals surface area (Å²) in [6.07, 6.45) is 4.51. The van der Waals surface area contributed by atoms with Gasteiger partial charge in [-0.25, -0.2) is 4.79 Å². The van der Waals surface area contributed by atoms with E-state index in [0.29, 0.717) is 5.56 Å². The highest BCUT2D eigenvalue weighted by Gasteiger charge is 2.34. The minimum atomic E-state index is -1.46. The minimum Gasteiger partial charge on any atom is -0.480 e. The second kappa shape index (κ2) is 23.3. The van der Waals surface area contributed by atoms with Gasteiger partial charge in [-0.1, -0.05) is 82.2 Å². The Morgan fingerprint density at radius 1 is 0.778 bits per heavy atom. The molecule has 0 unspecified atom stereocenters. The van der Waals surface area contributed by atoms with Crippen LogP contribution in [0.2, 0.25) is 0 Å². The van der Waals surface area contributed by atoms with E-state index in [0.717, 1.165) is 32.1 Å². The van der Waals surface area contributed by atoms with Crippen LogP contribution in [0.3, 0.4) is 0 Å². The van der Waals surface area contributed by atoms with Gasteiger partial charge in [0, 0.05) is 26.3 Å². The Labute approximate surface area is 316 Å². The molecule has 0 spiro atoms. The molecule has 296 valence electrons. The molecule has 16 heteroatoms. The molecule has 0 aliphatic heterocycles. The number of amides is 7. The van der Waals surface area contributed by atoms with Crippen LogP contribution in [0.5, 0.6) is 0 Å². The maximum atomic E-state index is 14.0. The van der Waals surface area contributed by atoms with Gasteiger partial charge >= 0.3 is 5.97 Å². The van der Waals surface area contributed by atoms with Crippen molar-refractivity contribution in [2.24, 2.45) is 17.6 Å². The van der Waals surface area contributed by atoms with Gasteiger partial charge in [0.25, 0.3) is 5.91 Å². The first-order valence-electron chi connectivity index (χ1n) is 18.3. The fraction of sp³-hybridized carbons (Fsp3) is 0.579. The maximum absolute atomic E-state index is 14.0. The quantitative estimate of drug-likeness (QED) is 0.0796. The van der Waals surface area contributed by atoms with Gasteiger partial charge in [-0.3, -0.25) is 33.6 Å². The van der Waals surface area contributed by atoms with Gasteiger partial charge in [-0.15, -0.1) is 0 Å². The predicted molar refractivity (Wildman–Crippen MR) is 199 cm³/mol. The van der Waals surface area contributed by atoms with E-state index in [2.05, 4.69) is 43.7 Å². The molecule has 7 amide bonds. The van der Waals surface area contributed by atoms with Crippen LogP contribution >= 0.6 is 0 Å². The third kappa shape index (κ3) is 16.9. The van der Waals surface area contributed by atoms with E-state index in [1.807, 2.05) is 13.8 Å². The normalized spacial score (nSPS) is 15.4. The highest BCUT2D eigenvalue weighted by molar-refractivity contribution is 5.97. The number of carboxylic acid groups (broad SMARTS) is 1. The van der Waals surface area contributed by atoms with Gasteiger partial charge in [-0.05, 0) is 49.5 Å². The number of hydrogen-bond donors (Lipinski definition) is 8. The molecule has 5 atom stereocenters. The van der Waals surface area contributed by atoms with Crippen molar-refractivity contribution < 1.29 is 43.5 Å². The number of aliphatic carboxylic acids is 1. The Morgan fingerprint density at radius 3 is 1.91 bits per heavy atom. The molecule has 1 aromatic rings. The summed E-state index contributed by atoms with van der Waals surface area (Å²) >= 11 is 0. The van der Waals surface area contributed by atoms with E-state index in [4.69, 9.17) is 5.73 Å². The van der Waals surface area contributed by atoms with Crippen LogP contribution < -0.4 is 37.6 Å². The molecule has 0 heterocycles. The first-order valence-corrected chi connectivity index (χ1v) is 18.3. The van der Waals surface area contributed by atoms with Crippen molar-refractivity contribution in [1.29, 1.82) is 0 Å². The van der Waals surface area contributed by atoms with Crippen LogP contribution in [0.1, 0.15) is 91.0 Å². The fourth-order valence-corrected chi connectivity index (χ4v) is 6.19. The van der Waals surface area contributed by atoms with Crippen LogP contribution in [0, 0.1) is 23.7 Å². The van der Waals surface area contributed by atoms with E-state index < -0.39 is 84.1 Å². The molecule has 0 radical (unpaired) electrons. The molecule has 16 nitrogen and oxygen atoms in total. The Hall–Kier alpha value is -5.46. The Balaban J connectivity index is 2.37. The van der Waals surface area contributed by atoms with Crippen LogP contribution in [-0.2, 0) is 44.8 Å². The summed E-state index contributed by atoms with van der Waals surface area (Å²) in [6, 6.07) is 2.38. The number of primary amides is 1. The zero-order chi connectivity index (χ0) is 40.2. The molecule has 0 aromatic heterocycles. The van der Waals surface area contributed by atoms with Crippen molar-refractivity contribution in [3.05, 3.63) is 35.9 Å². The zero-order valence-electron chi connectivity index (χ0n) is 31.5. The topological polar surface area (TPSA) is 255 Å². The number of carboxylic acids is 1. The first-order chi connectivity index (χ1) is 25.6. The third-order valence-electron chi connectivity index (χ3n) is 8.88. The highest BCUT2D eigenvalue weighted by atomic mass is 16.4. The monoisotopic (exact) mass is 753 g/mol. The molecule has 1 aliphatic rings. The van der Waals surface area contributed by atoms with Gasteiger partial charge in [-0.2, -0.15) is 0 Å². The summed E-state index contributed by atoms with van der Waals surface area (Å²) < 4.78 is 0. The van der Waals surface area contributed by atoms with Crippen molar-refractivity contribution in [3.63, 3.8) is 0 Å². The second-order valence-electron chi connectivity index (χ2n) is 14.0. The van der Waals surface area contributed by atoms with Gasteiger partial charge < -0.3 is 42.7 Å². The smallest absolute Gasteiger partial charge is 0.326 e. The average Bonchev–Trinajstić information content (AvgIpc) is 3.11. The molecular weight excluding hydrogens is 698 g/mol. The Kier molecular flexibility index (Phi) is 19.3. The molecule has 2 rings (SSSR count). The van der Waals surface area contributed by atoms with E-state index in [9.17, 15) is 43.5 Å². The van der Waals surface area contributed by atoms with E-state index in [1.165, 1.54) is 13.8 Å². The summed E-state index contributed by atoms with van der Waals surface area (Å²) in [7, 11) is 0. The van der Waals surface area contributed by atoms with E-state index >= 15 is 0 Å². The van der Waals surface area contributed by atoms with Crippen molar-refractivity contribution in [2.45, 2.75) is 122 Å². The molecule has 1 fully saturated rings. The summed E-state index contributed by atoms with van der Waals surface area (Å²) in [5.74, 6) is -1.66. The molecule has 54 heavy (non-hydrogen) atoms. The predicted octanol–water partition coefficient (Wildman–Crippen LogP) is 0.179. The van der Waals surface area contributed by atoms with Crippen LogP contribution in [-0.4, -0.2) is 89.2 Å². The van der Waals surface area contributed by atoms with Crippen molar-refractivity contribution in [3.8, 4) is 11.8 Å². The number of rotatable bonds is 21. The fourth-order valence-electron chi connectivity index (χ4n) is 6.19. The average molecular weight is 754 g/mol. The summed E-state index contributed by atoms with van der Waals surface area (Å²) in [5.41, 5.74) is 5.94. The van der Waals surface area contributed by atoms with Crippen LogP contribution in [0.15, 0.2) is 30.3 Å². The molecule has 9 N–H and O–H groups in total. The molecule has 0 bridgehead atoms. The highest BCUT2D eigenvalue weighted by Crippen LogP contribution is 2.27. The second-order valence-corrected chi connectivity index (χ2v) is 14.0. The van der Waals surface area contributed by atoms with Crippen LogP contribution in [0.4, 0.5) is 0 Å². The number of nitrogens with one attached hydrogen (secondary N) is 6. The van der Waals surface area contributed by atoms with Gasteiger partial charge in [0.15, 0.2) is 0 Å². The third-order valence-corrected chi connectivity index (χ3v) is 8.88. The van der Waals surface area contributed by atoms with Crippen LogP contribution in [0.25, 0.3) is 0 Å². The Morgan fingerprint density at radius 2 is 1.33 bits per heavy atom. The first kappa shape index (κ1) is 44.7. The Bertz CT molecular complexity index is 1530. The SMILES string of the molecule is CC#CC(=O)NC[C@H](NC(=O)[C@H](CC1CCCCC1)NC(=O)[C@H](CCC(N)=O)NC(C)=O)C(=O)N[C@@H](CC(C)C)C(=O)N[C@@H](Cc1ccccc1)C(=O)O. The van der Waals surface area contributed by atoms with Gasteiger partial charge in [0.2, 0.25) is 35.4 Å². The van der Waals surface area contributed by atoms with Crippen molar-refractivity contribution >= 4 is 47.3 Å². The maximum Gasteiger partial charge on any atom is 0.326 e. The molecule has 0 saturated heterocycles. The molecule has 1 aromatic carbocycles. The lowest BCUT2D eigenvalue weighted by molar-refractivity contribution is -0.142. The van der Waals surface area contributed by atoms with Crippen molar-refractivity contribution in [2.75, 3.05) is 6.54 Å². The van der Waals surface area contributed by atoms with E-state index in [-0.39, 0.29) is 43.9 Å². The largest absolute Gasteiger partial charge is 0.480 e. The number of carbonyl (C=O) groups excluding carboxylic acids is 7. The lowest BCUT2D eigenvalue weighted by Gasteiger charge is -2.30. The lowest BCUT2D eigenvalue weighted by atomic mass is 9.84. The van der Waals surface area contributed by atoms with Gasteiger partial charge in [0.05, 0.1) is 0 Å². The number of nitrogens with two attached hydrogens (primary N) is 1. The lowest BCUT2D eigenvalue weighted by Crippen LogP contribution is -2.61. The number of benzene rings is 1. The standard InChI is InChI=1S/C38H55N7O9/c1-5-12-33(48)40-22-31(37(52)42-28(19-23(2)3)35(50)44-30(38(53)54)21-26-15-10-7-11-16-26)45-36(51)29(20-25-13-8-6-9-14-25)43-34(49)27(41-24(4)46)17-18-32(39)47/h7,10-11,15-16,23,25,27-31H,6,8-9,13-14,17-22H2,1-4H3,(H2,39,47)(H,40,48)(H,41,46)(H,42,52)(H,43,49)(H,44,50)(H,45,51)(H,53,54)/t27-,28-,29-,30-,31-/m0/s1. The van der Waals surface area contributed by atoms with Crippen molar-refractivity contribution in [1.82, 2.24) is 31.9 Å². The number of carbonyl (C=O) groups is 8. The zero-order valence-corrected chi connectivity index (χ0v) is 31.5. The summed E-state index contributed by atoms with van der Waals surface area (Å²) in [4.78, 5) is 103. The molecule has 1 aliphatic carbocycles.